The highest BCUT2D eigenvalue weighted by atomic mass is 19.4. The summed E-state index contributed by atoms with van der Waals surface area (Å²) in [7, 11) is 2.08. The number of likely N-dealkylation sites (N-methyl/N-ethyl adjacent to an activating group) is 1. The van der Waals surface area contributed by atoms with Gasteiger partial charge in [-0.25, -0.2) is 13.6 Å². The number of rotatable bonds is 7. The number of piperazine rings is 1. The number of amides is 4. The average Bonchev–Trinajstić information content (AvgIpc) is 3.09. The van der Waals surface area contributed by atoms with Crippen LogP contribution >= 0.6 is 0 Å². The molecular formula is C35H43F5N6O3. The van der Waals surface area contributed by atoms with Gasteiger partial charge in [0.25, 0.3) is 0 Å². The molecule has 6 rings (SSSR count). The normalized spacial score (nSPS) is 21.0. The van der Waals surface area contributed by atoms with Crippen LogP contribution in [0.3, 0.4) is 0 Å². The van der Waals surface area contributed by atoms with Gasteiger partial charge in [0, 0.05) is 83.1 Å². The Morgan fingerprint density at radius 3 is 2.18 bits per heavy atom. The molecule has 14 heteroatoms. The summed E-state index contributed by atoms with van der Waals surface area (Å²) in [4.78, 5) is 50.2. The van der Waals surface area contributed by atoms with E-state index in [1.54, 1.807) is 14.7 Å². The second-order valence-corrected chi connectivity index (χ2v) is 13.8. The number of halogens is 5. The predicted octanol–water partition coefficient (Wildman–Crippen LogP) is 4.81. The maximum atomic E-state index is 14.4. The summed E-state index contributed by atoms with van der Waals surface area (Å²) >= 11 is 0. The molecule has 266 valence electrons. The molecule has 1 unspecified atom stereocenters. The molecule has 0 radical (unpaired) electrons. The number of nitrogens with one attached hydrogen (secondary N) is 1. The molecule has 4 aliphatic heterocycles. The molecule has 0 aromatic heterocycles. The summed E-state index contributed by atoms with van der Waals surface area (Å²) in [6.45, 7) is 5.84. The van der Waals surface area contributed by atoms with Crippen molar-refractivity contribution in [2.75, 3.05) is 64.7 Å². The first-order valence-electron chi connectivity index (χ1n) is 17.1. The third kappa shape index (κ3) is 8.01. The molecule has 0 bridgehead atoms. The topological polar surface area (TPSA) is 79.4 Å². The second kappa shape index (κ2) is 14.6. The summed E-state index contributed by atoms with van der Waals surface area (Å²) in [5, 5.41) is 2.92. The van der Waals surface area contributed by atoms with Crippen molar-refractivity contribution in [1.82, 2.24) is 24.5 Å². The number of hydrogen-bond acceptors (Lipinski definition) is 5. The van der Waals surface area contributed by atoms with Gasteiger partial charge in [-0.1, -0.05) is 18.2 Å². The van der Waals surface area contributed by atoms with Crippen LogP contribution in [0, 0.1) is 17.6 Å². The van der Waals surface area contributed by atoms with Crippen molar-refractivity contribution in [2.45, 2.75) is 63.3 Å². The van der Waals surface area contributed by atoms with E-state index in [0.717, 1.165) is 50.3 Å². The number of alkyl halides is 3. The summed E-state index contributed by atoms with van der Waals surface area (Å²) in [5.74, 6) is -5.41. The van der Waals surface area contributed by atoms with Crippen molar-refractivity contribution in [3.05, 3.63) is 64.7 Å². The fraction of sp³-hybridized carbons (Fsp3) is 0.571. The number of fused-ring (bicyclic) bond motifs is 1. The highest BCUT2D eigenvalue weighted by Crippen LogP contribution is 2.34. The Morgan fingerprint density at radius 2 is 1.51 bits per heavy atom. The van der Waals surface area contributed by atoms with Gasteiger partial charge >= 0.3 is 12.2 Å². The first kappa shape index (κ1) is 35.1. The Hall–Kier alpha value is -3.78. The lowest BCUT2D eigenvalue weighted by Crippen LogP contribution is -2.54. The highest BCUT2D eigenvalue weighted by Gasteiger charge is 2.39. The van der Waals surface area contributed by atoms with Gasteiger partial charge in [0.1, 0.15) is 0 Å². The molecule has 9 nitrogen and oxygen atoms in total. The van der Waals surface area contributed by atoms with E-state index in [2.05, 4.69) is 22.2 Å². The lowest BCUT2D eigenvalue weighted by molar-refractivity contribution is -0.143. The van der Waals surface area contributed by atoms with E-state index in [1.807, 2.05) is 24.3 Å². The van der Waals surface area contributed by atoms with E-state index in [1.165, 1.54) is 0 Å². The van der Waals surface area contributed by atoms with Gasteiger partial charge in [0.2, 0.25) is 11.8 Å². The number of hydrogen-bond donors (Lipinski definition) is 1. The molecule has 49 heavy (non-hydrogen) atoms. The summed E-state index contributed by atoms with van der Waals surface area (Å²) in [5.41, 5.74) is -0.154. The highest BCUT2D eigenvalue weighted by molar-refractivity contribution is 5.92. The largest absolute Gasteiger partial charge is 0.419 e. The minimum absolute atomic E-state index is 0.0978. The van der Waals surface area contributed by atoms with Crippen molar-refractivity contribution in [2.24, 2.45) is 5.92 Å². The molecule has 2 aromatic rings. The minimum Gasteiger partial charge on any atom is -0.343 e. The predicted molar refractivity (Wildman–Crippen MR) is 172 cm³/mol. The lowest BCUT2D eigenvalue weighted by atomic mass is 9.91. The van der Waals surface area contributed by atoms with Crippen LogP contribution in [0.25, 0.3) is 0 Å². The molecule has 4 heterocycles. The number of urea groups is 1. The Labute approximate surface area is 283 Å². The van der Waals surface area contributed by atoms with Gasteiger partial charge in [0.05, 0.1) is 11.5 Å². The van der Waals surface area contributed by atoms with Gasteiger partial charge in [-0.05, 0) is 68.5 Å². The second-order valence-electron chi connectivity index (χ2n) is 13.8. The lowest BCUT2D eigenvalue weighted by Gasteiger charge is -2.43. The van der Waals surface area contributed by atoms with Crippen LogP contribution in [0.2, 0.25) is 0 Å². The van der Waals surface area contributed by atoms with E-state index in [0.29, 0.717) is 63.7 Å². The first-order valence-corrected chi connectivity index (χ1v) is 17.1. The van der Waals surface area contributed by atoms with Gasteiger partial charge in [-0.3, -0.25) is 14.5 Å². The quantitative estimate of drug-likeness (QED) is 0.423. The van der Waals surface area contributed by atoms with Crippen LogP contribution in [0.5, 0.6) is 0 Å². The van der Waals surface area contributed by atoms with Crippen molar-refractivity contribution in [3.63, 3.8) is 0 Å². The van der Waals surface area contributed by atoms with Crippen LogP contribution in [0.4, 0.5) is 32.4 Å². The van der Waals surface area contributed by atoms with E-state index in [4.69, 9.17) is 0 Å². The van der Waals surface area contributed by atoms with Crippen LogP contribution in [0.15, 0.2) is 36.4 Å². The van der Waals surface area contributed by atoms with E-state index in [9.17, 15) is 36.3 Å². The molecule has 3 fully saturated rings. The number of anilines is 1. The molecule has 3 saturated heterocycles. The molecular weight excluding hydrogens is 647 g/mol. The van der Waals surface area contributed by atoms with Crippen molar-refractivity contribution >= 4 is 23.5 Å². The minimum atomic E-state index is -5.13. The van der Waals surface area contributed by atoms with E-state index >= 15 is 0 Å². The molecule has 0 spiro atoms. The zero-order valence-corrected chi connectivity index (χ0v) is 27.7. The third-order valence-corrected chi connectivity index (χ3v) is 10.6. The molecule has 1 N–H and O–H groups in total. The number of likely N-dealkylation sites (tertiary alicyclic amines) is 2. The third-order valence-electron chi connectivity index (χ3n) is 10.6. The SMILES string of the molecule is CN1CCN(C2CCN(C(=O)C(CC(=O)N3CCC(N4Cc5ccccc5NC4=O)CC3)Cc3cc(F)c(F)c(C(F)(F)F)c3)CC2)CC1. The standard InChI is InChI=1S/C35H43F5N6O3/c1-42-14-16-43(17-15-42)26-6-12-45(13-7-26)33(48)25(18-23-19-28(35(38,39)40)32(37)29(36)20-23)21-31(47)44-10-8-27(9-11-44)46-22-24-4-2-3-5-30(24)41-34(46)49/h2-5,19-20,25-27H,6-18,21-22H2,1H3,(H,41,49). The molecule has 1 atom stereocenters. The average molecular weight is 691 g/mol. The maximum absolute atomic E-state index is 14.4. The van der Waals surface area contributed by atoms with Crippen LogP contribution in [0.1, 0.15) is 48.8 Å². The maximum Gasteiger partial charge on any atom is 0.419 e. The fourth-order valence-electron chi connectivity index (χ4n) is 7.68. The zero-order valence-electron chi connectivity index (χ0n) is 27.7. The Morgan fingerprint density at radius 1 is 0.878 bits per heavy atom. The van der Waals surface area contributed by atoms with E-state index < -0.39 is 29.3 Å². The number of carbonyl (C=O) groups is 3. The van der Waals surface area contributed by atoms with Gasteiger partial charge in [0.15, 0.2) is 11.6 Å². The summed E-state index contributed by atoms with van der Waals surface area (Å²) in [6.07, 6.45) is -3.22. The number of para-hydroxylation sites is 1. The molecule has 4 aliphatic rings. The van der Waals surface area contributed by atoms with Gasteiger partial charge < -0.3 is 24.9 Å². The molecule has 0 aliphatic carbocycles. The molecule has 0 saturated carbocycles. The van der Waals surface area contributed by atoms with Crippen molar-refractivity contribution in [1.29, 1.82) is 0 Å². The Balaban J connectivity index is 1.13. The zero-order chi connectivity index (χ0) is 34.9. The van der Waals surface area contributed by atoms with Gasteiger partial charge in [-0.15, -0.1) is 0 Å². The number of nitrogens with zero attached hydrogens (tertiary/aromatic N) is 5. The summed E-state index contributed by atoms with van der Waals surface area (Å²) < 4.78 is 69.2. The van der Waals surface area contributed by atoms with Crippen LogP contribution in [-0.2, 0) is 28.7 Å². The number of benzene rings is 2. The summed E-state index contributed by atoms with van der Waals surface area (Å²) in [6, 6.07) is 8.81. The van der Waals surface area contributed by atoms with Crippen LogP contribution in [-0.4, -0.2) is 114 Å². The van der Waals surface area contributed by atoms with Crippen molar-refractivity contribution < 1.29 is 36.3 Å². The van der Waals surface area contributed by atoms with Gasteiger partial charge in [-0.2, -0.15) is 13.2 Å². The smallest absolute Gasteiger partial charge is 0.343 e. The fourth-order valence-corrected chi connectivity index (χ4v) is 7.68. The first-order chi connectivity index (χ1) is 23.4. The number of carbonyl (C=O) groups excluding carboxylic acids is 3. The monoisotopic (exact) mass is 690 g/mol. The van der Waals surface area contributed by atoms with E-state index in [-0.39, 0.29) is 42.3 Å². The number of piperidine rings is 2. The van der Waals surface area contributed by atoms with Crippen molar-refractivity contribution in [3.8, 4) is 0 Å². The molecule has 4 amide bonds. The Kier molecular flexibility index (Phi) is 10.4. The van der Waals surface area contributed by atoms with Crippen LogP contribution < -0.4 is 5.32 Å². The molecule has 2 aromatic carbocycles. The Bertz CT molecular complexity index is 1530.